The topological polar surface area (TPSA) is 63.3 Å². The molecule has 5 rings (SSSR count). The van der Waals surface area contributed by atoms with Gasteiger partial charge in [-0.05, 0) is 35.4 Å². The van der Waals surface area contributed by atoms with E-state index in [-0.39, 0.29) is 11.7 Å². The fourth-order valence-corrected chi connectivity index (χ4v) is 3.84. The second-order valence-electron chi connectivity index (χ2n) is 6.95. The summed E-state index contributed by atoms with van der Waals surface area (Å²) in [5.74, 6) is -0.0628. The molecule has 0 spiro atoms. The normalized spacial score (nSPS) is 12.3. The van der Waals surface area contributed by atoms with Crippen molar-refractivity contribution in [2.45, 2.75) is 5.92 Å². The van der Waals surface area contributed by atoms with Crippen molar-refractivity contribution in [3.63, 3.8) is 0 Å². The van der Waals surface area contributed by atoms with Gasteiger partial charge >= 0.3 is 5.63 Å². The molecule has 0 saturated heterocycles. The molecule has 1 unspecified atom stereocenters. The number of nitrogens with zero attached hydrogens (tertiary/aromatic N) is 1. The summed E-state index contributed by atoms with van der Waals surface area (Å²) in [6.45, 7) is 0. The van der Waals surface area contributed by atoms with E-state index in [0.29, 0.717) is 16.5 Å². The van der Waals surface area contributed by atoms with Crippen molar-refractivity contribution in [1.29, 1.82) is 0 Å². The number of rotatable bonds is 3. The molecule has 2 heterocycles. The predicted molar refractivity (Wildman–Crippen MR) is 113 cm³/mol. The molecule has 0 radical (unpaired) electrons. The van der Waals surface area contributed by atoms with Crippen LogP contribution in [0.4, 0.5) is 0 Å². The molecule has 3 aromatic carbocycles. The third kappa shape index (κ3) is 2.95. The van der Waals surface area contributed by atoms with E-state index in [1.165, 1.54) is 0 Å². The van der Waals surface area contributed by atoms with E-state index in [2.05, 4.69) is 4.98 Å². The lowest BCUT2D eigenvalue weighted by atomic mass is 9.85. The molecule has 1 atom stereocenters. The summed E-state index contributed by atoms with van der Waals surface area (Å²) < 4.78 is 5.50. The lowest BCUT2D eigenvalue weighted by molar-refractivity contribution is 0.467. The van der Waals surface area contributed by atoms with Gasteiger partial charge in [0.2, 0.25) is 0 Å². The summed E-state index contributed by atoms with van der Waals surface area (Å²) in [4.78, 5) is 17.3. The van der Waals surface area contributed by atoms with Crippen LogP contribution >= 0.6 is 0 Å². The van der Waals surface area contributed by atoms with Crippen LogP contribution in [0.1, 0.15) is 22.6 Å². The van der Waals surface area contributed by atoms with Gasteiger partial charge < -0.3 is 9.52 Å². The van der Waals surface area contributed by atoms with Gasteiger partial charge in [0, 0.05) is 23.1 Å². The lowest BCUT2D eigenvalue weighted by Gasteiger charge is -2.20. The monoisotopic (exact) mass is 379 g/mol. The van der Waals surface area contributed by atoms with Crippen LogP contribution in [-0.4, -0.2) is 10.1 Å². The highest BCUT2D eigenvalue weighted by Crippen LogP contribution is 2.37. The number of hydrogen-bond acceptors (Lipinski definition) is 4. The number of aromatic nitrogens is 1. The number of benzene rings is 3. The summed E-state index contributed by atoms with van der Waals surface area (Å²) in [5.41, 5.74) is 3.28. The summed E-state index contributed by atoms with van der Waals surface area (Å²) in [6, 6.07) is 26.3. The number of para-hydroxylation sites is 2. The van der Waals surface area contributed by atoms with E-state index in [0.717, 1.165) is 22.1 Å². The van der Waals surface area contributed by atoms with Crippen molar-refractivity contribution in [3.8, 4) is 5.75 Å². The number of aromatic hydroxyl groups is 1. The first kappa shape index (κ1) is 17.2. The Balaban J connectivity index is 1.79. The van der Waals surface area contributed by atoms with E-state index in [4.69, 9.17) is 4.42 Å². The van der Waals surface area contributed by atoms with Crippen molar-refractivity contribution >= 4 is 21.9 Å². The van der Waals surface area contributed by atoms with Gasteiger partial charge in [0.15, 0.2) is 0 Å². The van der Waals surface area contributed by atoms with Crippen LogP contribution in [0.25, 0.3) is 21.9 Å². The van der Waals surface area contributed by atoms with Crippen molar-refractivity contribution in [1.82, 2.24) is 4.98 Å². The largest absolute Gasteiger partial charge is 0.508 e. The van der Waals surface area contributed by atoms with Crippen LogP contribution in [0.2, 0.25) is 0 Å². The average Bonchev–Trinajstić information content (AvgIpc) is 2.76. The SMILES string of the molecule is O=c1oc2ccccc2c2ncc(C(c3ccccc3)c3ccccc3O)cc12. The summed E-state index contributed by atoms with van der Waals surface area (Å²) in [6.07, 6.45) is 1.78. The molecule has 4 heteroatoms. The molecule has 0 fully saturated rings. The van der Waals surface area contributed by atoms with Gasteiger partial charge in [-0.1, -0.05) is 60.7 Å². The van der Waals surface area contributed by atoms with Gasteiger partial charge in [0.05, 0.1) is 10.9 Å². The summed E-state index contributed by atoms with van der Waals surface area (Å²) in [7, 11) is 0. The Labute approximate surface area is 166 Å². The van der Waals surface area contributed by atoms with Crippen molar-refractivity contribution < 1.29 is 9.52 Å². The molecule has 140 valence electrons. The highest BCUT2D eigenvalue weighted by molar-refractivity contribution is 6.01. The molecule has 0 bridgehead atoms. The third-order valence-electron chi connectivity index (χ3n) is 5.19. The van der Waals surface area contributed by atoms with Crippen LogP contribution in [0.3, 0.4) is 0 Å². The minimum atomic E-state index is -0.419. The minimum absolute atomic E-state index is 0.201. The van der Waals surface area contributed by atoms with Crippen molar-refractivity contribution in [3.05, 3.63) is 118 Å². The van der Waals surface area contributed by atoms with Crippen LogP contribution < -0.4 is 5.63 Å². The summed E-state index contributed by atoms with van der Waals surface area (Å²) in [5, 5.41) is 11.7. The first-order valence-corrected chi connectivity index (χ1v) is 9.37. The molecule has 0 aliphatic carbocycles. The van der Waals surface area contributed by atoms with Crippen molar-refractivity contribution in [2.24, 2.45) is 0 Å². The van der Waals surface area contributed by atoms with Gasteiger partial charge in [0.25, 0.3) is 0 Å². The Bertz CT molecular complexity index is 1390. The molecule has 1 N–H and O–H groups in total. The van der Waals surface area contributed by atoms with E-state index in [1.807, 2.05) is 66.7 Å². The fourth-order valence-electron chi connectivity index (χ4n) is 3.84. The first-order chi connectivity index (χ1) is 14.2. The Morgan fingerprint density at radius 1 is 0.793 bits per heavy atom. The summed E-state index contributed by atoms with van der Waals surface area (Å²) >= 11 is 0. The predicted octanol–water partition coefficient (Wildman–Crippen LogP) is 5.23. The zero-order chi connectivity index (χ0) is 19.8. The number of phenolic OH excluding ortho intramolecular Hbond substituents is 1. The number of pyridine rings is 1. The number of phenols is 1. The van der Waals surface area contributed by atoms with Gasteiger partial charge in [-0.3, -0.25) is 4.98 Å². The maximum absolute atomic E-state index is 12.7. The second-order valence-corrected chi connectivity index (χ2v) is 6.95. The van der Waals surface area contributed by atoms with E-state index < -0.39 is 5.63 Å². The molecule has 2 aromatic heterocycles. The highest BCUT2D eigenvalue weighted by Gasteiger charge is 2.21. The maximum Gasteiger partial charge on any atom is 0.345 e. The number of hydrogen-bond donors (Lipinski definition) is 1. The van der Waals surface area contributed by atoms with Crippen LogP contribution in [0, 0.1) is 0 Å². The Kier molecular flexibility index (Phi) is 4.10. The Morgan fingerprint density at radius 3 is 2.34 bits per heavy atom. The van der Waals surface area contributed by atoms with Gasteiger partial charge in [-0.15, -0.1) is 0 Å². The van der Waals surface area contributed by atoms with E-state index in [9.17, 15) is 9.90 Å². The molecule has 29 heavy (non-hydrogen) atoms. The zero-order valence-electron chi connectivity index (χ0n) is 15.4. The average molecular weight is 379 g/mol. The zero-order valence-corrected chi connectivity index (χ0v) is 15.4. The molecule has 0 aliphatic heterocycles. The second kappa shape index (κ2) is 6.91. The molecule has 4 nitrogen and oxygen atoms in total. The highest BCUT2D eigenvalue weighted by atomic mass is 16.4. The first-order valence-electron chi connectivity index (χ1n) is 9.37. The van der Waals surface area contributed by atoms with Crippen LogP contribution in [0.5, 0.6) is 5.75 Å². The van der Waals surface area contributed by atoms with Crippen LogP contribution in [-0.2, 0) is 0 Å². The van der Waals surface area contributed by atoms with E-state index in [1.54, 1.807) is 24.4 Å². The lowest BCUT2D eigenvalue weighted by Crippen LogP contribution is -2.07. The molecule has 0 amide bonds. The Morgan fingerprint density at radius 2 is 1.52 bits per heavy atom. The van der Waals surface area contributed by atoms with E-state index >= 15 is 0 Å². The minimum Gasteiger partial charge on any atom is -0.508 e. The number of fused-ring (bicyclic) bond motifs is 3. The maximum atomic E-state index is 12.7. The third-order valence-corrected chi connectivity index (χ3v) is 5.19. The fraction of sp³-hybridized carbons (Fsp3) is 0.0400. The molecule has 0 saturated carbocycles. The Hall–Kier alpha value is -3.92. The smallest absolute Gasteiger partial charge is 0.345 e. The molecular weight excluding hydrogens is 362 g/mol. The van der Waals surface area contributed by atoms with Crippen LogP contribution in [0.15, 0.2) is 100 Å². The molecule has 5 aromatic rings. The van der Waals surface area contributed by atoms with Gasteiger partial charge in [-0.2, -0.15) is 0 Å². The quantitative estimate of drug-likeness (QED) is 0.344. The molecular formula is C25H17NO3. The van der Waals surface area contributed by atoms with Crippen molar-refractivity contribution in [2.75, 3.05) is 0 Å². The van der Waals surface area contributed by atoms with Gasteiger partial charge in [0.1, 0.15) is 11.3 Å². The molecule has 0 aliphatic rings. The standard InChI is InChI=1S/C25H17NO3/c27-21-12-6-4-10-18(21)23(16-8-2-1-3-9-16)17-14-20-24(26-15-17)19-11-5-7-13-22(19)29-25(20)28/h1-15,23,27H. The van der Waals surface area contributed by atoms with Gasteiger partial charge in [-0.25, -0.2) is 4.79 Å².